The lowest BCUT2D eigenvalue weighted by Crippen LogP contribution is -2.52. The van der Waals surface area contributed by atoms with Crippen molar-refractivity contribution < 1.29 is 39.5 Å². The van der Waals surface area contributed by atoms with Crippen LogP contribution in [0.3, 0.4) is 0 Å². The molecule has 0 spiro atoms. The van der Waals surface area contributed by atoms with Crippen LogP contribution in [0, 0.1) is 6.92 Å². The standard InChI is InChI=1S/C6H2F9/c1-2(7)3(8,9)5(12,13)6(14,15)4(2,10)11/h1H2. The molecule has 9 heteroatoms. The lowest BCUT2D eigenvalue weighted by molar-refractivity contribution is -0.303. The lowest BCUT2D eigenvalue weighted by atomic mass is 10.0. The van der Waals surface area contributed by atoms with Crippen molar-refractivity contribution in [3.8, 4) is 0 Å². The van der Waals surface area contributed by atoms with E-state index in [-0.39, 0.29) is 0 Å². The second-order valence-electron chi connectivity index (χ2n) is 3.10. The highest BCUT2D eigenvalue weighted by molar-refractivity contribution is 5.27. The van der Waals surface area contributed by atoms with Crippen LogP contribution < -0.4 is 0 Å². The van der Waals surface area contributed by atoms with Crippen LogP contribution in [-0.4, -0.2) is 29.4 Å². The Hall–Kier alpha value is -0.630. The average Bonchev–Trinajstić information content (AvgIpc) is 2.04. The van der Waals surface area contributed by atoms with Gasteiger partial charge in [0.1, 0.15) is 0 Å². The van der Waals surface area contributed by atoms with Crippen LogP contribution >= 0.6 is 0 Å². The molecule has 0 N–H and O–H groups in total. The van der Waals surface area contributed by atoms with Crippen molar-refractivity contribution in [3.63, 3.8) is 0 Å². The molecule has 1 aliphatic rings. The Kier molecular flexibility index (Phi) is 1.97. The topological polar surface area (TPSA) is 0 Å². The van der Waals surface area contributed by atoms with E-state index in [0.717, 1.165) is 0 Å². The van der Waals surface area contributed by atoms with Crippen LogP contribution in [0.1, 0.15) is 0 Å². The molecule has 1 fully saturated rings. The van der Waals surface area contributed by atoms with E-state index in [0.29, 0.717) is 0 Å². The second kappa shape index (κ2) is 2.37. The average molecular weight is 245 g/mol. The van der Waals surface area contributed by atoms with Crippen LogP contribution in [0.25, 0.3) is 0 Å². The molecule has 1 rings (SSSR count). The third-order valence-corrected chi connectivity index (χ3v) is 2.18. The van der Waals surface area contributed by atoms with Crippen LogP contribution in [0.2, 0.25) is 0 Å². The number of alkyl halides is 9. The maximum absolute atomic E-state index is 12.6. The highest BCUT2D eigenvalue weighted by Crippen LogP contribution is 2.68. The smallest absolute Gasteiger partial charge is 0.230 e. The van der Waals surface area contributed by atoms with Gasteiger partial charge < -0.3 is 0 Å². The molecule has 1 saturated carbocycles. The van der Waals surface area contributed by atoms with Gasteiger partial charge in [-0.15, -0.1) is 0 Å². The van der Waals surface area contributed by atoms with E-state index in [1.165, 1.54) is 6.92 Å². The third-order valence-electron chi connectivity index (χ3n) is 2.18. The summed E-state index contributed by atoms with van der Waals surface area (Å²) in [6.45, 7) is 1.44. The SMILES string of the molecule is [CH2]C1(F)C(F)(F)C(F)(F)C(F)(F)C1(F)F. The van der Waals surface area contributed by atoms with E-state index in [9.17, 15) is 39.5 Å². The van der Waals surface area contributed by atoms with Crippen molar-refractivity contribution in [2.24, 2.45) is 0 Å². The van der Waals surface area contributed by atoms with Crippen LogP contribution in [0.5, 0.6) is 0 Å². The Labute approximate surface area is 77.0 Å². The van der Waals surface area contributed by atoms with Crippen molar-refractivity contribution in [3.05, 3.63) is 6.92 Å². The molecule has 89 valence electrons. The van der Waals surface area contributed by atoms with Crippen LogP contribution in [-0.2, 0) is 0 Å². The maximum Gasteiger partial charge on any atom is 0.381 e. The van der Waals surface area contributed by atoms with Gasteiger partial charge in [-0.3, -0.25) is 0 Å². The molecule has 1 aliphatic carbocycles. The molecule has 0 unspecified atom stereocenters. The minimum absolute atomic E-state index is 1.44. The highest BCUT2D eigenvalue weighted by Gasteiger charge is 2.99. The van der Waals surface area contributed by atoms with E-state index in [4.69, 9.17) is 0 Å². The summed E-state index contributed by atoms with van der Waals surface area (Å²) in [6.07, 6.45) is 0. The van der Waals surface area contributed by atoms with Gasteiger partial charge in [0.05, 0.1) is 0 Å². The Balaban J connectivity index is 3.55. The summed E-state index contributed by atoms with van der Waals surface area (Å²) >= 11 is 0. The van der Waals surface area contributed by atoms with Crippen molar-refractivity contribution >= 4 is 0 Å². The molecule has 0 aromatic carbocycles. The Morgan fingerprint density at radius 3 is 0.733 bits per heavy atom. The maximum atomic E-state index is 12.6. The van der Waals surface area contributed by atoms with Gasteiger partial charge >= 0.3 is 23.7 Å². The summed E-state index contributed by atoms with van der Waals surface area (Å²) in [5, 5.41) is 0. The fourth-order valence-electron chi connectivity index (χ4n) is 1.09. The number of hydrogen-bond donors (Lipinski definition) is 0. The monoisotopic (exact) mass is 245 g/mol. The predicted molar refractivity (Wildman–Crippen MR) is 29.0 cm³/mol. The molecule has 0 bridgehead atoms. The molecule has 15 heavy (non-hydrogen) atoms. The molecule has 0 nitrogen and oxygen atoms in total. The predicted octanol–water partition coefficient (Wildman–Crippen LogP) is 3.08. The Bertz CT molecular complexity index is 199. The van der Waals surface area contributed by atoms with Crippen LogP contribution in [0.15, 0.2) is 0 Å². The number of rotatable bonds is 0. The summed E-state index contributed by atoms with van der Waals surface area (Å²) in [4.78, 5) is 0. The molecule has 0 saturated heterocycles. The molecule has 1 radical (unpaired) electrons. The van der Waals surface area contributed by atoms with E-state index >= 15 is 0 Å². The largest absolute Gasteiger partial charge is 0.381 e. The molecular weight excluding hydrogens is 243 g/mol. The molecule has 0 heterocycles. The summed E-state index contributed by atoms with van der Waals surface area (Å²) in [5.74, 6) is -25.5. The first-order valence-electron chi connectivity index (χ1n) is 3.30. The first kappa shape index (κ1) is 12.4. The zero-order chi connectivity index (χ0) is 12.5. The van der Waals surface area contributed by atoms with Gasteiger partial charge in [-0.05, 0) is 6.92 Å². The van der Waals surface area contributed by atoms with Gasteiger partial charge in [-0.1, -0.05) is 0 Å². The van der Waals surface area contributed by atoms with Gasteiger partial charge in [-0.2, -0.15) is 35.1 Å². The molecular formula is C6H2F9. The molecule has 0 aromatic rings. The van der Waals surface area contributed by atoms with E-state index in [1.807, 2.05) is 0 Å². The highest BCUT2D eigenvalue weighted by atomic mass is 19.4. The number of halogens is 9. The first-order chi connectivity index (χ1) is 6.25. The Morgan fingerprint density at radius 1 is 0.467 bits per heavy atom. The van der Waals surface area contributed by atoms with E-state index in [2.05, 4.69) is 0 Å². The third kappa shape index (κ3) is 0.878. The fourth-order valence-corrected chi connectivity index (χ4v) is 1.09. The molecule has 0 atom stereocenters. The second-order valence-corrected chi connectivity index (χ2v) is 3.10. The van der Waals surface area contributed by atoms with Gasteiger partial charge in [0.2, 0.25) is 5.67 Å². The molecule has 0 aromatic heterocycles. The lowest BCUT2D eigenvalue weighted by Gasteiger charge is -2.26. The summed E-state index contributed by atoms with van der Waals surface area (Å²) in [5.41, 5.74) is -5.56. The molecule has 0 aliphatic heterocycles. The van der Waals surface area contributed by atoms with Crippen molar-refractivity contribution in [2.75, 3.05) is 0 Å². The normalized spacial score (nSPS) is 34.0. The van der Waals surface area contributed by atoms with Crippen molar-refractivity contribution in [1.82, 2.24) is 0 Å². The first-order valence-corrected chi connectivity index (χ1v) is 3.30. The number of hydrogen-bond acceptors (Lipinski definition) is 0. The minimum Gasteiger partial charge on any atom is -0.230 e. The zero-order valence-electron chi connectivity index (χ0n) is 6.61. The van der Waals surface area contributed by atoms with Gasteiger partial charge in [0.15, 0.2) is 0 Å². The van der Waals surface area contributed by atoms with Crippen molar-refractivity contribution in [2.45, 2.75) is 29.4 Å². The summed E-state index contributed by atoms with van der Waals surface area (Å²) < 4.78 is 111. The van der Waals surface area contributed by atoms with Gasteiger partial charge in [0, 0.05) is 0 Å². The summed E-state index contributed by atoms with van der Waals surface area (Å²) in [6, 6.07) is 0. The summed E-state index contributed by atoms with van der Waals surface area (Å²) in [7, 11) is 0. The molecule has 0 amide bonds. The van der Waals surface area contributed by atoms with Gasteiger partial charge in [-0.25, -0.2) is 4.39 Å². The zero-order valence-corrected chi connectivity index (χ0v) is 6.61. The van der Waals surface area contributed by atoms with Crippen molar-refractivity contribution in [1.29, 1.82) is 0 Å². The van der Waals surface area contributed by atoms with Gasteiger partial charge in [0.25, 0.3) is 0 Å². The Morgan fingerprint density at radius 2 is 0.667 bits per heavy atom. The quantitative estimate of drug-likeness (QED) is 0.575. The fraction of sp³-hybridized carbons (Fsp3) is 0.833. The van der Waals surface area contributed by atoms with E-state index in [1.54, 1.807) is 0 Å². The van der Waals surface area contributed by atoms with E-state index < -0.39 is 29.4 Å². The van der Waals surface area contributed by atoms with Crippen LogP contribution in [0.4, 0.5) is 39.5 Å². The minimum atomic E-state index is -6.50.